The molecular weight excluding hydrogens is 477 g/mol. The molecule has 0 bridgehead atoms. The van der Waals surface area contributed by atoms with E-state index in [4.69, 9.17) is 4.74 Å². The largest absolute Gasteiger partial charge is 0.383 e. The van der Waals surface area contributed by atoms with Gasteiger partial charge in [-0.15, -0.1) is 0 Å². The monoisotopic (exact) mass is 489 g/mol. The molecular formula is C12H14Br2INO2. The first-order chi connectivity index (χ1) is 8.58. The summed E-state index contributed by atoms with van der Waals surface area (Å²) < 4.78 is 6.93. The van der Waals surface area contributed by atoms with Crippen LogP contribution in [0.4, 0.5) is 0 Å². The lowest BCUT2D eigenvalue weighted by atomic mass is 10.2. The molecule has 0 fully saturated rings. The summed E-state index contributed by atoms with van der Waals surface area (Å²) in [4.78, 5) is 12.2. The van der Waals surface area contributed by atoms with Gasteiger partial charge >= 0.3 is 0 Å². The summed E-state index contributed by atoms with van der Waals surface area (Å²) in [5.74, 6) is -0.0802. The van der Waals surface area contributed by atoms with Gasteiger partial charge in [-0.3, -0.25) is 4.79 Å². The van der Waals surface area contributed by atoms with Crippen molar-refractivity contribution >= 4 is 60.4 Å². The van der Waals surface area contributed by atoms with Crippen molar-refractivity contribution in [3.05, 3.63) is 31.8 Å². The van der Waals surface area contributed by atoms with Crippen molar-refractivity contribution in [2.24, 2.45) is 0 Å². The van der Waals surface area contributed by atoms with Gasteiger partial charge in [-0.05, 0) is 63.1 Å². The number of hydrogen-bond donors (Lipinski definition) is 1. The van der Waals surface area contributed by atoms with Gasteiger partial charge in [0.2, 0.25) is 0 Å². The third-order valence-electron chi connectivity index (χ3n) is 2.33. The maximum absolute atomic E-state index is 12.2. The highest BCUT2D eigenvalue weighted by molar-refractivity contribution is 14.1. The lowest BCUT2D eigenvalue weighted by Crippen LogP contribution is -2.38. The number of carbonyl (C=O) groups is 1. The van der Waals surface area contributed by atoms with Crippen LogP contribution >= 0.6 is 54.5 Å². The van der Waals surface area contributed by atoms with Crippen LogP contribution in [-0.4, -0.2) is 31.0 Å². The smallest absolute Gasteiger partial charge is 0.252 e. The molecule has 0 aliphatic carbocycles. The molecule has 0 saturated heterocycles. The van der Waals surface area contributed by atoms with E-state index in [0.29, 0.717) is 12.2 Å². The Bertz CT molecular complexity index is 409. The minimum absolute atomic E-state index is 0.0200. The maximum atomic E-state index is 12.2. The van der Waals surface area contributed by atoms with Gasteiger partial charge in [0.05, 0.1) is 18.2 Å². The van der Waals surface area contributed by atoms with Crippen LogP contribution in [0.15, 0.2) is 22.7 Å². The van der Waals surface area contributed by atoms with Crippen molar-refractivity contribution in [2.75, 3.05) is 19.0 Å². The number of alkyl halides is 1. The van der Waals surface area contributed by atoms with E-state index in [2.05, 4.69) is 59.8 Å². The summed E-state index contributed by atoms with van der Waals surface area (Å²) >= 11 is 8.96. The third-order valence-corrected chi connectivity index (χ3v) is 4.15. The molecule has 0 heterocycles. The Hall–Kier alpha value is 0.340. The minimum atomic E-state index is -0.0802. The molecule has 100 valence electrons. The SMILES string of the molecule is COCC(CCBr)NC(=O)c1cc(I)ccc1Br. The molecule has 6 heteroatoms. The number of benzene rings is 1. The van der Waals surface area contributed by atoms with Gasteiger partial charge in [-0.1, -0.05) is 15.9 Å². The summed E-state index contributed by atoms with van der Waals surface area (Å²) in [5.41, 5.74) is 0.651. The Labute approximate surface area is 137 Å². The van der Waals surface area contributed by atoms with Crippen LogP contribution in [-0.2, 0) is 4.74 Å². The zero-order chi connectivity index (χ0) is 13.5. The van der Waals surface area contributed by atoms with E-state index in [0.717, 1.165) is 19.8 Å². The fraction of sp³-hybridized carbons (Fsp3) is 0.417. The summed E-state index contributed by atoms with van der Waals surface area (Å²) in [6.07, 6.45) is 0.834. The number of carbonyl (C=O) groups excluding carboxylic acids is 1. The fourth-order valence-corrected chi connectivity index (χ4v) is 2.94. The van der Waals surface area contributed by atoms with Gasteiger partial charge in [0.25, 0.3) is 5.91 Å². The summed E-state index contributed by atoms with van der Waals surface area (Å²) in [6, 6.07) is 5.71. The van der Waals surface area contributed by atoms with E-state index in [9.17, 15) is 4.79 Å². The van der Waals surface area contributed by atoms with Gasteiger partial charge in [0.15, 0.2) is 0 Å². The van der Waals surface area contributed by atoms with Crippen molar-refractivity contribution in [1.29, 1.82) is 0 Å². The zero-order valence-electron chi connectivity index (χ0n) is 9.88. The van der Waals surface area contributed by atoms with Crippen LogP contribution in [0.3, 0.4) is 0 Å². The summed E-state index contributed by atoms with van der Waals surface area (Å²) in [5, 5.41) is 3.80. The van der Waals surface area contributed by atoms with Crippen molar-refractivity contribution in [3.63, 3.8) is 0 Å². The Kier molecular flexibility index (Phi) is 7.74. The van der Waals surface area contributed by atoms with Gasteiger partial charge in [-0.2, -0.15) is 0 Å². The highest BCUT2D eigenvalue weighted by Gasteiger charge is 2.15. The standard InChI is InChI=1S/C12H14Br2INO2/c1-18-7-9(4-5-13)16-12(17)10-6-8(15)2-3-11(10)14/h2-3,6,9H,4-5,7H2,1H3,(H,16,17). The first-order valence-corrected chi connectivity index (χ1v) is 8.38. The summed E-state index contributed by atoms with van der Waals surface area (Å²) in [7, 11) is 1.63. The van der Waals surface area contributed by atoms with Gasteiger partial charge in [-0.25, -0.2) is 0 Å². The van der Waals surface area contributed by atoms with E-state index in [1.54, 1.807) is 7.11 Å². The second kappa shape index (κ2) is 8.50. The van der Waals surface area contributed by atoms with E-state index in [-0.39, 0.29) is 11.9 Å². The van der Waals surface area contributed by atoms with E-state index >= 15 is 0 Å². The van der Waals surface area contributed by atoms with Gasteiger partial charge in [0.1, 0.15) is 0 Å². The molecule has 0 aromatic heterocycles. The first kappa shape index (κ1) is 16.4. The van der Waals surface area contributed by atoms with Crippen molar-refractivity contribution in [3.8, 4) is 0 Å². The number of methoxy groups -OCH3 is 1. The fourth-order valence-electron chi connectivity index (χ4n) is 1.46. The van der Waals surface area contributed by atoms with Crippen molar-refractivity contribution in [1.82, 2.24) is 5.32 Å². The molecule has 0 radical (unpaired) electrons. The van der Waals surface area contributed by atoms with Crippen LogP contribution in [0.5, 0.6) is 0 Å². The van der Waals surface area contributed by atoms with Crippen LogP contribution in [0.2, 0.25) is 0 Å². The average Bonchev–Trinajstić information content (AvgIpc) is 2.33. The summed E-state index contributed by atoms with van der Waals surface area (Å²) in [6.45, 7) is 0.513. The van der Waals surface area contributed by atoms with Gasteiger partial charge in [0, 0.05) is 20.5 Å². The van der Waals surface area contributed by atoms with E-state index in [1.165, 1.54) is 0 Å². The first-order valence-electron chi connectivity index (χ1n) is 5.39. The number of amides is 1. The normalized spacial score (nSPS) is 12.2. The molecule has 1 N–H and O–H groups in total. The minimum Gasteiger partial charge on any atom is -0.383 e. The molecule has 0 spiro atoms. The van der Waals surface area contributed by atoms with Crippen LogP contribution in [0, 0.1) is 3.57 Å². The number of ether oxygens (including phenoxy) is 1. The highest BCUT2D eigenvalue weighted by Crippen LogP contribution is 2.19. The van der Waals surface area contributed by atoms with Crippen molar-refractivity contribution in [2.45, 2.75) is 12.5 Å². The predicted molar refractivity (Wildman–Crippen MR) is 88.4 cm³/mol. The zero-order valence-corrected chi connectivity index (χ0v) is 15.2. The van der Waals surface area contributed by atoms with Gasteiger partial charge < -0.3 is 10.1 Å². The van der Waals surface area contributed by atoms with Crippen LogP contribution < -0.4 is 5.32 Å². The topological polar surface area (TPSA) is 38.3 Å². The molecule has 1 amide bonds. The number of hydrogen-bond acceptors (Lipinski definition) is 2. The second-order valence-corrected chi connectivity index (χ2v) is 6.62. The molecule has 0 saturated carbocycles. The molecule has 0 aliphatic rings. The molecule has 18 heavy (non-hydrogen) atoms. The molecule has 0 aliphatic heterocycles. The van der Waals surface area contributed by atoms with Crippen LogP contribution in [0.25, 0.3) is 0 Å². The molecule has 1 unspecified atom stereocenters. The second-order valence-electron chi connectivity index (χ2n) is 3.73. The highest BCUT2D eigenvalue weighted by atomic mass is 127. The molecule has 1 aromatic carbocycles. The Morgan fingerprint density at radius 2 is 2.28 bits per heavy atom. The average molecular weight is 491 g/mol. The Morgan fingerprint density at radius 3 is 2.89 bits per heavy atom. The Morgan fingerprint density at radius 1 is 1.56 bits per heavy atom. The van der Waals surface area contributed by atoms with Crippen molar-refractivity contribution < 1.29 is 9.53 Å². The van der Waals surface area contributed by atoms with Crippen LogP contribution in [0.1, 0.15) is 16.8 Å². The predicted octanol–water partition coefficient (Wildman–Crippen LogP) is 3.58. The lowest BCUT2D eigenvalue weighted by Gasteiger charge is -2.17. The maximum Gasteiger partial charge on any atom is 0.252 e. The molecule has 3 nitrogen and oxygen atoms in total. The quantitative estimate of drug-likeness (QED) is 0.489. The molecule has 1 atom stereocenters. The number of halogens is 3. The molecule has 1 rings (SSSR count). The van der Waals surface area contributed by atoms with E-state index < -0.39 is 0 Å². The van der Waals surface area contributed by atoms with E-state index in [1.807, 2.05) is 18.2 Å². The lowest BCUT2D eigenvalue weighted by molar-refractivity contribution is 0.0894. The Balaban J connectivity index is 2.76. The third kappa shape index (κ3) is 5.14. The molecule has 1 aromatic rings. The number of rotatable bonds is 6. The number of nitrogens with one attached hydrogen (secondary N) is 1.